The summed E-state index contributed by atoms with van der Waals surface area (Å²) >= 11 is 0. The molecule has 2 heterocycles. The zero-order chi connectivity index (χ0) is 14.2. The van der Waals surface area contributed by atoms with Crippen molar-refractivity contribution >= 4 is 5.91 Å². The Hall–Kier alpha value is -0.610. The van der Waals surface area contributed by atoms with Crippen LogP contribution in [0.4, 0.5) is 0 Å². The number of fused-ring (bicyclic) bond motifs is 1. The van der Waals surface area contributed by atoms with Crippen molar-refractivity contribution in [3.05, 3.63) is 0 Å². The van der Waals surface area contributed by atoms with Crippen LogP contribution in [0, 0.1) is 5.41 Å². The summed E-state index contributed by atoms with van der Waals surface area (Å²) in [4.78, 5) is 17.8. The average Bonchev–Trinajstić information content (AvgIpc) is 2.96. The second-order valence-electron chi connectivity index (χ2n) is 7.14. The van der Waals surface area contributed by atoms with E-state index in [0.717, 1.165) is 25.9 Å². The molecule has 1 amide bonds. The zero-order valence-electron chi connectivity index (χ0n) is 12.8. The molecular formula is C16H29N3O. The number of nitrogens with zero attached hydrogens (tertiary/aromatic N) is 2. The lowest BCUT2D eigenvalue weighted by Crippen LogP contribution is -2.62. The fraction of sp³-hybridized carbons (Fsp3) is 0.938. The van der Waals surface area contributed by atoms with Crippen LogP contribution in [0.3, 0.4) is 0 Å². The first-order valence-corrected chi connectivity index (χ1v) is 8.41. The molecule has 2 saturated heterocycles. The summed E-state index contributed by atoms with van der Waals surface area (Å²) in [5.41, 5.74) is 5.76. The fourth-order valence-corrected chi connectivity index (χ4v) is 4.50. The topological polar surface area (TPSA) is 49.6 Å². The quantitative estimate of drug-likeness (QED) is 0.835. The molecule has 3 rings (SSSR count). The van der Waals surface area contributed by atoms with Gasteiger partial charge in [-0.15, -0.1) is 0 Å². The van der Waals surface area contributed by atoms with Crippen molar-refractivity contribution in [3.8, 4) is 0 Å². The van der Waals surface area contributed by atoms with E-state index in [0.29, 0.717) is 24.5 Å². The second-order valence-corrected chi connectivity index (χ2v) is 7.14. The third-order valence-electron chi connectivity index (χ3n) is 5.85. The molecule has 1 saturated carbocycles. The summed E-state index contributed by atoms with van der Waals surface area (Å²) in [5.74, 6) is 0.357. The monoisotopic (exact) mass is 279 g/mol. The number of hydrogen-bond acceptors (Lipinski definition) is 3. The normalized spacial score (nSPS) is 34.0. The van der Waals surface area contributed by atoms with Gasteiger partial charge in [0.2, 0.25) is 5.91 Å². The van der Waals surface area contributed by atoms with Crippen molar-refractivity contribution in [1.82, 2.24) is 9.80 Å². The largest absolute Gasteiger partial charge is 0.337 e. The predicted molar refractivity (Wildman–Crippen MR) is 80.3 cm³/mol. The van der Waals surface area contributed by atoms with Crippen LogP contribution in [0.5, 0.6) is 0 Å². The molecule has 0 aromatic carbocycles. The molecule has 3 aliphatic rings. The highest BCUT2D eigenvalue weighted by atomic mass is 16.2. The van der Waals surface area contributed by atoms with Gasteiger partial charge >= 0.3 is 0 Å². The van der Waals surface area contributed by atoms with E-state index in [1.807, 2.05) is 0 Å². The van der Waals surface area contributed by atoms with Crippen LogP contribution >= 0.6 is 0 Å². The van der Waals surface area contributed by atoms with E-state index in [4.69, 9.17) is 5.73 Å². The van der Waals surface area contributed by atoms with Crippen LogP contribution in [-0.2, 0) is 4.79 Å². The lowest BCUT2D eigenvalue weighted by atomic mass is 9.83. The summed E-state index contributed by atoms with van der Waals surface area (Å²) in [7, 11) is 0. The van der Waals surface area contributed by atoms with Gasteiger partial charge in [-0.3, -0.25) is 9.69 Å². The number of amides is 1. The maximum absolute atomic E-state index is 13.1. The molecule has 0 aromatic heterocycles. The Balaban J connectivity index is 1.73. The van der Waals surface area contributed by atoms with Crippen molar-refractivity contribution in [3.63, 3.8) is 0 Å². The number of hydrogen-bond donors (Lipinski definition) is 1. The molecule has 0 spiro atoms. The van der Waals surface area contributed by atoms with Gasteiger partial charge < -0.3 is 10.6 Å². The highest BCUT2D eigenvalue weighted by Gasteiger charge is 2.45. The van der Waals surface area contributed by atoms with Gasteiger partial charge in [-0.05, 0) is 39.2 Å². The molecule has 2 atom stereocenters. The van der Waals surface area contributed by atoms with E-state index < -0.39 is 0 Å². The molecule has 0 aromatic rings. The highest BCUT2D eigenvalue weighted by molar-refractivity contribution is 5.83. The minimum absolute atomic E-state index is 0.231. The van der Waals surface area contributed by atoms with Gasteiger partial charge in [0.1, 0.15) is 0 Å². The maximum Gasteiger partial charge on any atom is 0.230 e. The minimum Gasteiger partial charge on any atom is -0.337 e. The molecule has 2 N–H and O–H groups in total. The average molecular weight is 279 g/mol. The van der Waals surface area contributed by atoms with E-state index in [1.165, 1.54) is 38.6 Å². The summed E-state index contributed by atoms with van der Waals surface area (Å²) in [6.07, 6.45) is 8.23. The smallest absolute Gasteiger partial charge is 0.230 e. The Morgan fingerprint density at radius 1 is 1.20 bits per heavy atom. The second kappa shape index (κ2) is 5.64. The minimum atomic E-state index is -0.231. The molecule has 1 aliphatic carbocycles. The van der Waals surface area contributed by atoms with E-state index in [-0.39, 0.29) is 5.41 Å². The van der Waals surface area contributed by atoms with Crippen LogP contribution in [0.1, 0.15) is 51.9 Å². The van der Waals surface area contributed by atoms with Crippen molar-refractivity contribution in [2.45, 2.75) is 64.0 Å². The van der Waals surface area contributed by atoms with Crippen LogP contribution in [0.25, 0.3) is 0 Å². The maximum atomic E-state index is 13.1. The summed E-state index contributed by atoms with van der Waals surface area (Å²) in [5, 5.41) is 0. The van der Waals surface area contributed by atoms with Crippen molar-refractivity contribution < 1.29 is 4.79 Å². The third-order valence-corrected chi connectivity index (χ3v) is 5.85. The van der Waals surface area contributed by atoms with Gasteiger partial charge in [0, 0.05) is 31.7 Å². The molecule has 0 radical (unpaired) electrons. The van der Waals surface area contributed by atoms with Crippen LogP contribution in [-0.4, -0.2) is 54.0 Å². The van der Waals surface area contributed by atoms with Crippen molar-refractivity contribution in [2.75, 3.05) is 26.2 Å². The number of piperidine rings is 1. The number of carbonyl (C=O) groups is 1. The predicted octanol–water partition coefficient (Wildman–Crippen LogP) is 1.59. The van der Waals surface area contributed by atoms with Gasteiger partial charge in [-0.1, -0.05) is 19.3 Å². The molecule has 3 fully saturated rings. The Labute approximate surface area is 122 Å². The number of nitrogens with two attached hydrogens (primary N) is 1. The molecule has 0 bridgehead atoms. The van der Waals surface area contributed by atoms with Gasteiger partial charge in [0.15, 0.2) is 0 Å². The Bertz CT molecular complexity index is 365. The molecule has 4 heteroatoms. The number of rotatable bonds is 2. The van der Waals surface area contributed by atoms with Crippen LogP contribution in [0.2, 0.25) is 0 Å². The first kappa shape index (κ1) is 14.3. The van der Waals surface area contributed by atoms with E-state index >= 15 is 0 Å². The molecule has 2 unspecified atom stereocenters. The Kier molecular flexibility index (Phi) is 4.04. The molecule has 114 valence electrons. The first-order valence-electron chi connectivity index (χ1n) is 8.41. The lowest BCUT2D eigenvalue weighted by Gasteiger charge is -2.49. The Morgan fingerprint density at radius 2 is 1.95 bits per heavy atom. The lowest BCUT2D eigenvalue weighted by molar-refractivity contribution is -0.148. The SMILES string of the molecule is CC1CN2CCCCC2CN1C(=O)C1(CN)CCCC1. The first-order chi connectivity index (χ1) is 9.66. The van der Waals surface area contributed by atoms with Crippen LogP contribution < -0.4 is 5.73 Å². The Morgan fingerprint density at radius 3 is 2.65 bits per heavy atom. The van der Waals surface area contributed by atoms with E-state index in [9.17, 15) is 4.79 Å². The fourth-order valence-electron chi connectivity index (χ4n) is 4.50. The van der Waals surface area contributed by atoms with Crippen molar-refractivity contribution in [2.24, 2.45) is 11.1 Å². The third kappa shape index (κ3) is 2.37. The summed E-state index contributed by atoms with van der Waals surface area (Å²) in [6, 6.07) is 0.945. The highest BCUT2D eigenvalue weighted by Crippen LogP contribution is 2.40. The van der Waals surface area contributed by atoms with Gasteiger partial charge in [-0.25, -0.2) is 0 Å². The summed E-state index contributed by atoms with van der Waals surface area (Å²) in [6.45, 7) is 5.95. The summed E-state index contributed by atoms with van der Waals surface area (Å²) < 4.78 is 0. The number of piperazine rings is 1. The van der Waals surface area contributed by atoms with Crippen molar-refractivity contribution in [1.29, 1.82) is 0 Å². The van der Waals surface area contributed by atoms with Gasteiger partial charge in [0.25, 0.3) is 0 Å². The molecule has 4 nitrogen and oxygen atoms in total. The number of carbonyl (C=O) groups excluding carboxylic acids is 1. The van der Waals surface area contributed by atoms with Gasteiger partial charge in [0.05, 0.1) is 5.41 Å². The van der Waals surface area contributed by atoms with Gasteiger partial charge in [-0.2, -0.15) is 0 Å². The van der Waals surface area contributed by atoms with Crippen LogP contribution in [0.15, 0.2) is 0 Å². The molecular weight excluding hydrogens is 250 g/mol. The van der Waals surface area contributed by atoms with E-state index in [2.05, 4.69) is 16.7 Å². The molecule has 20 heavy (non-hydrogen) atoms. The molecule has 2 aliphatic heterocycles. The zero-order valence-corrected chi connectivity index (χ0v) is 12.8. The van der Waals surface area contributed by atoms with E-state index in [1.54, 1.807) is 0 Å². The standard InChI is InChI=1S/C16H29N3O/c1-13-10-18-9-5-2-6-14(18)11-19(13)15(20)16(12-17)7-3-4-8-16/h13-14H,2-12,17H2,1H3.